The maximum absolute atomic E-state index is 12.9. The van der Waals surface area contributed by atoms with E-state index in [1.165, 1.54) is 11.0 Å². The molecule has 1 saturated carbocycles. The predicted molar refractivity (Wildman–Crippen MR) is 98.8 cm³/mol. The van der Waals surface area contributed by atoms with Gasteiger partial charge in [0.25, 0.3) is 11.8 Å². The summed E-state index contributed by atoms with van der Waals surface area (Å²) in [5.74, 6) is -1.19. The molecule has 2 heterocycles. The summed E-state index contributed by atoms with van der Waals surface area (Å²) >= 11 is 0. The number of rotatable bonds is 3. The molecule has 0 radical (unpaired) electrons. The second-order valence-electron chi connectivity index (χ2n) is 6.84. The van der Waals surface area contributed by atoms with E-state index in [2.05, 4.69) is 10.4 Å². The van der Waals surface area contributed by atoms with E-state index in [0.717, 1.165) is 37.8 Å². The lowest BCUT2D eigenvalue weighted by molar-refractivity contribution is -0.132. The second-order valence-corrected chi connectivity index (χ2v) is 6.84. The number of para-hydroxylation sites is 1. The Labute approximate surface area is 156 Å². The molecule has 2 fully saturated rings. The predicted octanol–water partition coefficient (Wildman–Crippen LogP) is 2.67. The number of hydrogen-bond acceptors (Lipinski definition) is 4. The van der Waals surface area contributed by atoms with Crippen LogP contribution in [0.4, 0.5) is 4.79 Å². The van der Waals surface area contributed by atoms with Gasteiger partial charge in [-0.15, -0.1) is 0 Å². The molecule has 27 heavy (non-hydrogen) atoms. The van der Waals surface area contributed by atoms with E-state index < -0.39 is 17.8 Å². The van der Waals surface area contributed by atoms with Gasteiger partial charge in [-0.1, -0.05) is 37.5 Å². The van der Waals surface area contributed by atoms with E-state index in [-0.39, 0.29) is 11.6 Å². The van der Waals surface area contributed by atoms with Crippen molar-refractivity contribution in [2.45, 2.75) is 38.1 Å². The van der Waals surface area contributed by atoms with Crippen LogP contribution in [0.5, 0.6) is 0 Å². The number of urea groups is 1. The molecular weight excluding hydrogens is 344 g/mol. The number of benzene rings is 1. The van der Waals surface area contributed by atoms with Gasteiger partial charge in [0.2, 0.25) is 0 Å². The Balaban J connectivity index is 1.61. The van der Waals surface area contributed by atoms with Gasteiger partial charge in [0.15, 0.2) is 0 Å². The minimum Gasteiger partial charge on any atom is -0.273 e. The van der Waals surface area contributed by atoms with Crippen LogP contribution < -0.4 is 5.32 Å². The van der Waals surface area contributed by atoms with Crippen molar-refractivity contribution in [1.82, 2.24) is 20.0 Å². The van der Waals surface area contributed by atoms with E-state index in [1.807, 2.05) is 30.3 Å². The van der Waals surface area contributed by atoms with Crippen LogP contribution in [0, 0.1) is 0 Å². The highest BCUT2D eigenvalue weighted by Gasteiger charge is 2.40. The van der Waals surface area contributed by atoms with Gasteiger partial charge in [0, 0.05) is 17.8 Å². The van der Waals surface area contributed by atoms with E-state index in [9.17, 15) is 14.4 Å². The highest BCUT2D eigenvalue weighted by atomic mass is 16.2. The summed E-state index contributed by atoms with van der Waals surface area (Å²) in [4.78, 5) is 38.6. The molecular formula is C20H20N4O3. The van der Waals surface area contributed by atoms with Gasteiger partial charge in [-0.2, -0.15) is 5.10 Å². The molecule has 1 N–H and O–H groups in total. The van der Waals surface area contributed by atoms with Crippen molar-refractivity contribution in [1.29, 1.82) is 0 Å². The van der Waals surface area contributed by atoms with E-state index >= 15 is 0 Å². The maximum Gasteiger partial charge on any atom is 0.331 e. The fraction of sp³-hybridized carbons (Fsp3) is 0.300. The molecule has 4 amide bonds. The number of carbonyl (C=O) groups excluding carboxylic acids is 3. The fourth-order valence-corrected chi connectivity index (χ4v) is 3.64. The van der Waals surface area contributed by atoms with Crippen molar-refractivity contribution in [3.63, 3.8) is 0 Å². The number of nitrogens with one attached hydrogen (secondary N) is 1. The summed E-state index contributed by atoms with van der Waals surface area (Å²) in [6.07, 6.45) is 9.47. The monoisotopic (exact) mass is 364 g/mol. The third-order valence-electron chi connectivity index (χ3n) is 5.01. The number of barbiturate groups is 1. The Bertz CT molecular complexity index is 910. The number of imide groups is 2. The normalized spacial score (nSPS) is 20.2. The van der Waals surface area contributed by atoms with Crippen molar-refractivity contribution >= 4 is 23.9 Å². The van der Waals surface area contributed by atoms with Gasteiger partial charge in [0.1, 0.15) is 5.57 Å². The van der Waals surface area contributed by atoms with Crippen LogP contribution >= 0.6 is 0 Å². The molecule has 1 aliphatic heterocycles. The quantitative estimate of drug-likeness (QED) is 0.670. The average molecular weight is 364 g/mol. The molecule has 1 aromatic carbocycles. The average Bonchev–Trinajstić information content (AvgIpc) is 3.15. The summed E-state index contributed by atoms with van der Waals surface area (Å²) in [5, 5.41) is 6.57. The Morgan fingerprint density at radius 2 is 1.78 bits per heavy atom. The van der Waals surface area contributed by atoms with Crippen molar-refractivity contribution in [2.24, 2.45) is 0 Å². The first kappa shape index (κ1) is 17.2. The molecule has 0 bridgehead atoms. The molecule has 1 aliphatic carbocycles. The first-order chi connectivity index (χ1) is 13.1. The lowest BCUT2D eigenvalue weighted by Crippen LogP contribution is -2.58. The number of amides is 4. The molecule has 0 atom stereocenters. The van der Waals surface area contributed by atoms with E-state index in [1.54, 1.807) is 17.1 Å². The van der Waals surface area contributed by atoms with Gasteiger partial charge < -0.3 is 0 Å². The third-order valence-corrected chi connectivity index (χ3v) is 5.01. The van der Waals surface area contributed by atoms with Crippen LogP contribution in [-0.4, -0.2) is 38.6 Å². The highest BCUT2D eigenvalue weighted by molar-refractivity contribution is 6.31. The standard InChI is InChI=1S/C20H20N4O3/c25-18-17(11-14-12-21-23(13-14)15-7-3-1-4-8-15)19(26)24(20(27)22-18)16-9-5-2-6-10-16/h1,3-4,7-8,11-13,16H,2,5-6,9-10H2,(H,22,25,27)/b17-11+. The van der Waals surface area contributed by atoms with Crippen molar-refractivity contribution in [3.8, 4) is 5.69 Å². The minimum absolute atomic E-state index is 0.0345. The van der Waals surface area contributed by atoms with Crippen LogP contribution in [0.1, 0.15) is 37.7 Å². The topological polar surface area (TPSA) is 84.3 Å². The van der Waals surface area contributed by atoms with Crippen LogP contribution in [-0.2, 0) is 9.59 Å². The van der Waals surface area contributed by atoms with E-state index in [4.69, 9.17) is 0 Å². The second kappa shape index (κ2) is 7.19. The SMILES string of the molecule is O=C1NC(=O)N(C2CCCCC2)C(=O)/C1=C/c1cnn(-c2ccccc2)c1. The number of nitrogens with zero attached hydrogens (tertiary/aromatic N) is 3. The lowest BCUT2D eigenvalue weighted by Gasteiger charge is -2.35. The van der Waals surface area contributed by atoms with Gasteiger partial charge >= 0.3 is 6.03 Å². The van der Waals surface area contributed by atoms with Crippen LogP contribution in [0.25, 0.3) is 11.8 Å². The first-order valence-electron chi connectivity index (χ1n) is 9.14. The molecule has 7 heteroatoms. The maximum atomic E-state index is 12.9. The summed E-state index contributed by atoms with van der Waals surface area (Å²) < 4.78 is 1.67. The summed E-state index contributed by atoms with van der Waals surface area (Å²) in [5.41, 5.74) is 1.46. The van der Waals surface area contributed by atoms with Crippen molar-refractivity contribution in [2.75, 3.05) is 0 Å². The Hall–Kier alpha value is -3.22. The van der Waals surface area contributed by atoms with Gasteiger partial charge in [-0.3, -0.25) is 19.8 Å². The van der Waals surface area contributed by atoms with Crippen LogP contribution in [0.2, 0.25) is 0 Å². The smallest absolute Gasteiger partial charge is 0.273 e. The fourth-order valence-electron chi connectivity index (χ4n) is 3.64. The molecule has 0 unspecified atom stereocenters. The minimum atomic E-state index is -0.662. The number of carbonyl (C=O) groups is 3. The first-order valence-corrected chi connectivity index (χ1v) is 9.14. The van der Waals surface area contributed by atoms with E-state index in [0.29, 0.717) is 5.56 Å². The largest absolute Gasteiger partial charge is 0.331 e. The Morgan fingerprint density at radius 1 is 1.04 bits per heavy atom. The third kappa shape index (κ3) is 3.40. The van der Waals surface area contributed by atoms with Gasteiger partial charge in [-0.25, -0.2) is 9.48 Å². The molecule has 4 rings (SSSR count). The molecule has 0 spiro atoms. The van der Waals surface area contributed by atoms with Gasteiger partial charge in [0.05, 0.1) is 11.9 Å². The van der Waals surface area contributed by atoms with Crippen molar-refractivity contribution < 1.29 is 14.4 Å². The number of hydrogen-bond donors (Lipinski definition) is 1. The molecule has 2 aromatic rings. The Morgan fingerprint density at radius 3 is 2.52 bits per heavy atom. The summed E-state index contributed by atoms with van der Waals surface area (Å²) in [7, 11) is 0. The molecule has 138 valence electrons. The molecule has 1 saturated heterocycles. The zero-order valence-corrected chi connectivity index (χ0v) is 14.8. The lowest BCUT2D eigenvalue weighted by atomic mass is 9.93. The van der Waals surface area contributed by atoms with Gasteiger partial charge in [-0.05, 0) is 31.1 Å². The van der Waals surface area contributed by atoms with Crippen LogP contribution in [0.3, 0.4) is 0 Å². The summed E-state index contributed by atoms with van der Waals surface area (Å²) in [6.45, 7) is 0. The zero-order valence-electron chi connectivity index (χ0n) is 14.8. The van der Waals surface area contributed by atoms with Crippen LogP contribution in [0.15, 0.2) is 48.3 Å². The summed E-state index contributed by atoms with van der Waals surface area (Å²) in [6, 6.07) is 8.78. The molecule has 7 nitrogen and oxygen atoms in total. The number of aromatic nitrogens is 2. The molecule has 1 aromatic heterocycles. The van der Waals surface area contributed by atoms with Crippen molar-refractivity contribution in [3.05, 3.63) is 53.9 Å². The highest BCUT2D eigenvalue weighted by Crippen LogP contribution is 2.26. The zero-order chi connectivity index (χ0) is 18.8. The molecule has 2 aliphatic rings. The Kier molecular flexibility index (Phi) is 4.58.